The highest BCUT2D eigenvalue weighted by molar-refractivity contribution is 7.99. The second kappa shape index (κ2) is 8.49. The fourth-order valence-electron chi connectivity index (χ4n) is 2.52. The maximum atomic E-state index is 12.3. The molecular weight excluding hydrogens is 378 g/mol. The van der Waals surface area contributed by atoms with Crippen molar-refractivity contribution in [3.05, 3.63) is 53.1 Å². The molecule has 0 spiro atoms. The number of nitrogens with zero attached hydrogens (tertiary/aromatic N) is 4. The molecule has 0 bridgehead atoms. The van der Waals surface area contributed by atoms with Gasteiger partial charge in [0.1, 0.15) is 0 Å². The van der Waals surface area contributed by atoms with Crippen molar-refractivity contribution in [3.8, 4) is 11.4 Å². The number of thioether (sulfide) groups is 1. The Morgan fingerprint density at radius 2 is 2.07 bits per heavy atom. The number of allylic oxidation sites excluding steroid dienone is 1. The van der Waals surface area contributed by atoms with Gasteiger partial charge in [0, 0.05) is 17.0 Å². The van der Waals surface area contributed by atoms with Crippen molar-refractivity contribution in [1.29, 1.82) is 0 Å². The largest absolute Gasteiger partial charge is 0.301 e. The summed E-state index contributed by atoms with van der Waals surface area (Å²) >= 11 is 2.83. The van der Waals surface area contributed by atoms with Crippen LogP contribution in [-0.4, -0.2) is 31.4 Å². The lowest BCUT2D eigenvalue weighted by Crippen LogP contribution is -2.14. The van der Waals surface area contributed by atoms with E-state index in [1.165, 1.54) is 23.1 Å². The Labute approximate surface area is 166 Å². The number of aromatic nitrogens is 4. The first-order chi connectivity index (χ1) is 13.0. The molecule has 0 aliphatic carbocycles. The minimum atomic E-state index is -0.112. The first-order valence-corrected chi connectivity index (χ1v) is 10.3. The Kier molecular flexibility index (Phi) is 6.08. The fraction of sp³-hybridized carbons (Fsp3) is 0.263. The third kappa shape index (κ3) is 4.45. The molecule has 6 nitrogen and oxygen atoms in total. The molecule has 8 heteroatoms. The lowest BCUT2D eigenvalue weighted by molar-refractivity contribution is -0.113. The Balaban J connectivity index is 1.74. The molecule has 27 heavy (non-hydrogen) atoms. The SMILES string of the molecule is C=CCn1c(SCC(=O)Nc2nc(C)c(C)s2)nnc1-c1ccccc1C. The van der Waals surface area contributed by atoms with Crippen molar-refractivity contribution in [2.24, 2.45) is 0 Å². The molecule has 0 fully saturated rings. The summed E-state index contributed by atoms with van der Waals surface area (Å²) in [5, 5.41) is 12.8. The molecule has 0 saturated heterocycles. The summed E-state index contributed by atoms with van der Waals surface area (Å²) in [6.07, 6.45) is 1.80. The number of hydrogen-bond acceptors (Lipinski definition) is 6. The minimum absolute atomic E-state index is 0.112. The predicted molar refractivity (Wildman–Crippen MR) is 111 cm³/mol. The van der Waals surface area contributed by atoms with Gasteiger partial charge in [-0.3, -0.25) is 9.36 Å². The van der Waals surface area contributed by atoms with E-state index < -0.39 is 0 Å². The van der Waals surface area contributed by atoms with Crippen LogP contribution in [0.4, 0.5) is 5.13 Å². The summed E-state index contributed by atoms with van der Waals surface area (Å²) in [6.45, 7) is 10.4. The molecule has 0 saturated carbocycles. The number of nitrogens with one attached hydrogen (secondary N) is 1. The summed E-state index contributed by atoms with van der Waals surface area (Å²) in [6, 6.07) is 8.04. The predicted octanol–water partition coefficient (Wildman–Crippen LogP) is 4.24. The van der Waals surface area contributed by atoms with Crippen molar-refractivity contribution >= 4 is 34.1 Å². The summed E-state index contributed by atoms with van der Waals surface area (Å²) < 4.78 is 1.98. The van der Waals surface area contributed by atoms with Crippen molar-refractivity contribution in [2.75, 3.05) is 11.1 Å². The lowest BCUT2D eigenvalue weighted by atomic mass is 10.1. The van der Waals surface area contributed by atoms with Crippen LogP contribution in [0.15, 0.2) is 42.1 Å². The van der Waals surface area contributed by atoms with Crippen molar-refractivity contribution < 1.29 is 4.79 Å². The Morgan fingerprint density at radius 3 is 2.74 bits per heavy atom. The normalized spacial score (nSPS) is 10.8. The van der Waals surface area contributed by atoms with Gasteiger partial charge in [-0.15, -0.1) is 28.1 Å². The van der Waals surface area contributed by atoms with E-state index >= 15 is 0 Å². The van der Waals surface area contributed by atoms with Gasteiger partial charge in [-0.1, -0.05) is 42.1 Å². The van der Waals surface area contributed by atoms with Gasteiger partial charge in [0.2, 0.25) is 5.91 Å². The van der Waals surface area contributed by atoms with Crippen LogP contribution in [0.1, 0.15) is 16.1 Å². The van der Waals surface area contributed by atoms with E-state index in [2.05, 4.69) is 27.1 Å². The number of carbonyl (C=O) groups excluding carboxylic acids is 1. The van der Waals surface area contributed by atoms with Gasteiger partial charge in [0.15, 0.2) is 16.1 Å². The summed E-state index contributed by atoms with van der Waals surface area (Å²) in [4.78, 5) is 17.7. The van der Waals surface area contributed by atoms with E-state index in [0.717, 1.165) is 27.5 Å². The van der Waals surface area contributed by atoms with Crippen molar-refractivity contribution in [2.45, 2.75) is 32.5 Å². The van der Waals surface area contributed by atoms with E-state index in [4.69, 9.17) is 0 Å². The van der Waals surface area contributed by atoms with Gasteiger partial charge in [-0.05, 0) is 26.3 Å². The van der Waals surface area contributed by atoms with Crippen LogP contribution in [0.5, 0.6) is 0 Å². The van der Waals surface area contributed by atoms with Gasteiger partial charge >= 0.3 is 0 Å². The summed E-state index contributed by atoms with van der Waals surface area (Å²) in [5.74, 6) is 0.905. The van der Waals surface area contributed by atoms with E-state index in [-0.39, 0.29) is 11.7 Å². The van der Waals surface area contributed by atoms with Gasteiger partial charge in [-0.25, -0.2) is 4.98 Å². The Morgan fingerprint density at radius 1 is 1.30 bits per heavy atom. The monoisotopic (exact) mass is 399 g/mol. The standard InChI is InChI=1S/C19H21N5OS2/c1-5-10-24-17(15-9-7-6-8-12(15)2)22-23-19(24)26-11-16(25)21-18-20-13(3)14(4)27-18/h5-9H,1,10-11H2,2-4H3,(H,20,21,25). The number of hydrogen-bond donors (Lipinski definition) is 1. The average Bonchev–Trinajstić information content (AvgIpc) is 3.17. The van der Waals surface area contributed by atoms with Gasteiger partial charge in [0.25, 0.3) is 0 Å². The second-order valence-corrected chi connectivity index (χ2v) is 8.16. The number of anilines is 1. The Bertz CT molecular complexity index is 957. The van der Waals surface area contributed by atoms with E-state index in [0.29, 0.717) is 16.8 Å². The first-order valence-electron chi connectivity index (χ1n) is 8.46. The lowest BCUT2D eigenvalue weighted by Gasteiger charge is -2.09. The zero-order valence-corrected chi connectivity index (χ0v) is 17.2. The number of thiazole rings is 1. The summed E-state index contributed by atoms with van der Waals surface area (Å²) in [7, 11) is 0. The van der Waals surface area contributed by atoms with E-state index in [1.54, 1.807) is 6.08 Å². The van der Waals surface area contributed by atoms with Gasteiger partial charge < -0.3 is 5.32 Å². The molecule has 0 aliphatic rings. The smallest absolute Gasteiger partial charge is 0.236 e. The average molecular weight is 400 g/mol. The van der Waals surface area contributed by atoms with E-state index in [1.807, 2.05) is 49.6 Å². The fourth-order valence-corrected chi connectivity index (χ4v) is 4.10. The molecule has 1 amide bonds. The number of rotatable bonds is 7. The van der Waals surface area contributed by atoms with Crippen LogP contribution in [0.2, 0.25) is 0 Å². The second-order valence-electron chi connectivity index (χ2n) is 6.02. The summed E-state index contributed by atoms with van der Waals surface area (Å²) in [5.41, 5.74) is 3.09. The Hall–Kier alpha value is -2.45. The number of aryl methyl sites for hydroxylation is 3. The molecule has 3 aromatic rings. The minimum Gasteiger partial charge on any atom is -0.301 e. The number of benzene rings is 1. The molecule has 0 atom stereocenters. The highest BCUT2D eigenvalue weighted by Crippen LogP contribution is 2.27. The van der Waals surface area contributed by atoms with Crippen LogP contribution < -0.4 is 5.32 Å². The van der Waals surface area contributed by atoms with Gasteiger partial charge in [0.05, 0.1) is 11.4 Å². The molecule has 1 N–H and O–H groups in total. The van der Waals surface area contributed by atoms with Crippen LogP contribution in [0, 0.1) is 20.8 Å². The number of amides is 1. The molecule has 0 unspecified atom stereocenters. The quantitative estimate of drug-likeness (QED) is 0.475. The highest BCUT2D eigenvalue weighted by atomic mass is 32.2. The molecule has 0 radical (unpaired) electrons. The molecular formula is C19H21N5OS2. The van der Waals surface area contributed by atoms with E-state index in [9.17, 15) is 4.79 Å². The van der Waals surface area contributed by atoms with Gasteiger partial charge in [-0.2, -0.15) is 0 Å². The zero-order valence-electron chi connectivity index (χ0n) is 15.5. The molecule has 1 aromatic carbocycles. The van der Waals surface area contributed by atoms with Crippen LogP contribution in [0.3, 0.4) is 0 Å². The molecule has 140 valence electrons. The van der Waals surface area contributed by atoms with Crippen LogP contribution >= 0.6 is 23.1 Å². The number of carbonyl (C=O) groups is 1. The molecule has 2 aromatic heterocycles. The third-order valence-electron chi connectivity index (χ3n) is 4.02. The first kappa shape index (κ1) is 19.3. The molecule has 2 heterocycles. The molecule has 0 aliphatic heterocycles. The third-order valence-corrected chi connectivity index (χ3v) is 5.98. The zero-order chi connectivity index (χ0) is 19.4. The topological polar surface area (TPSA) is 72.7 Å². The highest BCUT2D eigenvalue weighted by Gasteiger charge is 2.16. The van der Waals surface area contributed by atoms with Crippen molar-refractivity contribution in [3.63, 3.8) is 0 Å². The maximum absolute atomic E-state index is 12.3. The maximum Gasteiger partial charge on any atom is 0.236 e. The van der Waals surface area contributed by atoms with Crippen LogP contribution in [0.25, 0.3) is 11.4 Å². The van der Waals surface area contributed by atoms with Crippen LogP contribution in [-0.2, 0) is 11.3 Å². The molecule has 3 rings (SSSR count). The van der Waals surface area contributed by atoms with Crippen molar-refractivity contribution in [1.82, 2.24) is 19.7 Å².